The van der Waals surface area contributed by atoms with E-state index in [9.17, 15) is 13.6 Å². The molecule has 1 aliphatic rings. The van der Waals surface area contributed by atoms with E-state index in [0.717, 1.165) is 0 Å². The van der Waals surface area contributed by atoms with Gasteiger partial charge in [-0.3, -0.25) is 4.79 Å². The molecule has 20 heavy (non-hydrogen) atoms. The molecule has 0 saturated carbocycles. The molecule has 0 aliphatic carbocycles. The summed E-state index contributed by atoms with van der Waals surface area (Å²) < 4.78 is 27.7. The lowest BCUT2D eigenvalue weighted by atomic mass is 10.1. The van der Waals surface area contributed by atoms with Crippen LogP contribution in [-0.4, -0.2) is 5.91 Å². The first kappa shape index (κ1) is 13.1. The van der Waals surface area contributed by atoms with Gasteiger partial charge in [-0.15, -0.1) is 0 Å². The highest BCUT2D eigenvalue weighted by molar-refractivity contribution is 9.10. The third-order valence-corrected chi connectivity index (χ3v) is 3.57. The topological polar surface area (TPSA) is 41.1 Å². The molecular weight excluding hydrogens is 330 g/mol. The molecule has 1 unspecified atom stereocenters. The first-order chi connectivity index (χ1) is 9.54. The fraction of sp³-hybridized carbons (Fsp3) is 0.0714. The molecule has 0 aromatic heterocycles. The Labute approximate surface area is 122 Å². The Kier molecular flexibility index (Phi) is 3.17. The molecule has 0 bridgehead atoms. The molecule has 0 saturated heterocycles. The van der Waals surface area contributed by atoms with E-state index in [-0.39, 0.29) is 11.6 Å². The van der Waals surface area contributed by atoms with E-state index >= 15 is 0 Å². The van der Waals surface area contributed by atoms with Gasteiger partial charge in [-0.1, -0.05) is 15.9 Å². The second-order valence-electron chi connectivity index (χ2n) is 4.42. The highest BCUT2D eigenvalue weighted by atomic mass is 79.9. The molecule has 1 aliphatic heterocycles. The van der Waals surface area contributed by atoms with Crippen molar-refractivity contribution >= 4 is 33.2 Å². The van der Waals surface area contributed by atoms with Gasteiger partial charge in [-0.2, -0.15) is 0 Å². The van der Waals surface area contributed by atoms with Crippen LogP contribution in [0.25, 0.3) is 0 Å². The smallest absolute Gasteiger partial charge is 0.251 e. The van der Waals surface area contributed by atoms with Crippen molar-refractivity contribution in [3.05, 3.63) is 58.1 Å². The van der Waals surface area contributed by atoms with Crippen LogP contribution in [0.1, 0.15) is 11.6 Å². The number of nitrogens with one attached hydrogen (secondary N) is 2. The van der Waals surface area contributed by atoms with Crippen LogP contribution in [0.2, 0.25) is 0 Å². The van der Waals surface area contributed by atoms with Crippen LogP contribution in [0, 0.1) is 11.6 Å². The van der Waals surface area contributed by atoms with Gasteiger partial charge in [0.05, 0.1) is 5.69 Å². The van der Waals surface area contributed by atoms with Crippen LogP contribution in [0.15, 0.2) is 40.9 Å². The summed E-state index contributed by atoms with van der Waals surface area (Å²) in [5.41, 5.74) is 1.19. The summed E-state index contributed by atoms with van der Waals surface area (Å²) in [6.07, 6.45) is 0. The van der Waals surface area contributed by atoms with Crippen LogP contribution in [0.4, 0.5) is 20.2 Å². The van der Waals surface area contributed by atoms with E-state index in [1.807, 2.05) is 0 Å². The first-order valence-corrected chi connectivity index (χ1v) is 6.66. The maximum absolute atomic E-state index is 13.8. The first-order valence-electron chi connectivity index (χ1n) is 5.86. The van der Waals surface area contributed by atoms with Crippen molar-refractivity contribution in [2.45, 2.75) is 6.04 Å². The molecule has 3 nitrogen and oxygen atoms in total. The minimum absolute atomic E-state index is 0.186. The summed E-state index contributed by atoms with van der Waals surface area (Å²) in [6, 6.07) is 7.68. The van der Waals surface area contributed by atoms with Gasteiger partial charge in [0, 0.05) is 15.7 Å². The second kappa shape index (κ2) is 4.86. The van der Waals surface area contributed by atoms with Crippen molar-refractivity contribution in [2.24, 2.45) is 0 Å². The summed E-state index contributed by atoms with van der Waals surface area (Å²) >= 11 is 3.16. The van der Waals surface area contributed by atoms with E-state index in [2.05, 4.69) is 26.6 Å². The number of carbonyl (C=O) groups excluding carboxylic acids is 1. The molecule has 102 valence electrons. The largest absolute Gasteiger partial charge is 0.368 e. The average molecular weight is 339 g/mol. The predicted octanol–water partition coefficient (Wildman–Crippen LogP) is 3.83. The molecule has 3 rings (SSSR count). The van der Waals surface area contributed by atoms with Crippen LogP contribution in [0.5, 0.6) is 0 Å². The summed E-state index contributed by atoms with van der Waals surface area (Å²) in [7, 11) is 0. The number of halogens is 3. The summed E-state index contributed by atoms with van der Waals surface area (Å²) in [6.45, 7) is 0. The fourth-order valence-electron chi connectivity index (χ4n) is 2.14. The third-order valence-electron chi connectivity index (χ3n) is 3.08. The van der Waals surface area contributed by atoms with Crippen LogP contribution in [-0.2, 0) is 4.79 Å². The molecule has 6 heteroatoms. The van der Waals surface area contributed by atoms with Crippen LogP contribution >= 0.6 is 15.9 Å². The van der Waals surface area contributed by atoms with Gasteiger partial charge in [0.25, 0.3) is 5.91 Å². The SMILES string of the molecule is O=C1Nc2ccc(F)cc2C1Nc1ccc(Br)cc1F. The van der Waals surface area contributed by atoms with Crippen molar-refractivity contribution in [2.75, 3.05) is 10.6 Å². The number of rotatable bonds is 2. The predicted molar refractivity (Wildman–Crippen MR) is 75.5 cm³/mol. The average Bonchev–Trinajstić information content (AvgIpc) is 2.69. The van der Waals surface area contributed by atoms with E-state index in [0.29, 0.717) is 15.7 Å². The lowest BCUT2D eigenvalue weighted by Gasteiger charge is -2.14. The highest BCUT2D eigenvalue weighted by Gasteiger charge is 2.31. The molecule has 0 radical (unpaired) electrons. The zero-order valence-corrected chi connectivity index (χ0v) is 11.7. The molecule has 1 heterocycles. The second-order valence-corrected chi connectivity index (χ2v) is 5.34. The van der Waals surface area contributed by atoms with Crippen LogP contribution < -0.4 is 10.6 Å². The number of hydrogen-bond donors (Lipinski definition) is 2. The molecule has 2 N–H and O–H groups in total. The van der Waals surface area contributed by atoms with Crippen LogP contribution in [0.3, 0.4) is 0 Å². The zero-order chi connectivity index (χ0) is 14.3. The van der Waals surface area contributed by atoms with Crippen molar-refractivity contribution in [3.63, 3.8) is 0 Å². The van der Waals surface area contributed by atoms with Gasteiger partial charge in [0.1, 0.15) is 17.7 Å². The van der Waals surface area contributed by atoms with Crippen molar-refractivity contribution in [1.82, 2.24) is 0 Å². The Morgan fingerprint density at radius 1 is 1.15 bits per heavy atom. The molecule has 0 fully saturated rings. The quantitative estimate of drug-likeness (QED) is 0.873. The number of carbonyl (C=O) groups is 1. The number of anilines is 2. The monoisotopic (exact) mass is 338 g/mol. The molecular formula is C14H9BrF2N2O. The summed E-state index contributed by atoms with van der Waals surface area (Å²) in [5.74, 6) is -1.27. The fourth-order valence-corrected chi connectivity index (χ4v) is 2.47. The standard InChI is InChI=1S/C14H9BrF2N2O/c15-7-1-3-12(10(17)5-7)18-13-9-6-8(16)2-4-11(9)19-14(13)20/h1-6,13,18H,(H,19,20). The Morgan fingerprint density at radius 3 is 2.70 bits per heavy atom. The molecule has 1 amide bonds. The van der Waals surface area contributed by atoms with E-state index in [4.69, 9.17) is 0 Å². The number of fused-ring (bicyclic) bond motifs is 1. The molecule has 2 aromatic rings. The summed E-state index contributed by atoms with van der Waals surface area (Å²) in [5, 5.41) is 5.42. The summed E-state index contributed by atoms with van der Waals surface area (Å²) in [4.78, 5) is 11.9. The van der Waals surface area contributed by atoms with Gasteiger partial charge in [-0.25, -0.2) is 8.78 Å². The van der Waals surface area contributed by atoms with E-state index < -0.39 is 17.7 Å². The Morgan fingerprint density at radius 2 is 1.95 bits per heavy atom. The van der Waals surface area contributed by atoms with Crippen molar-refractivity contribution in [3.8, 4) is 0 Å². The Hall–Kier alpha value is -1.95. The van der Waals surface area contributed by atoms with Crippen molar-refractivity contribution in [1.29, 1.82) is 0 Å². The number of hydrogen-bond acceptors (Lipinski definition) is 2. The minimum atomic E-state index is -0.809. The zero-order valence-electron chi connectivity index (χ0n) is 10.1. The van der Waals surface area contributed by atoms with Gasteiger partial charge >= 0.3 is 0 Å². The van der Waals surface area contributed by atoms with E-state index in [1.165, 1.54) is 30.3 Å². The van der Waals surface area contributed by atoms with E-state index in [1.54, 1.807) is 6.07 Å². The van der Waals surface area contributed by atoms with Gasteiger partial charge in [0.2, 0.25) is 0 Å². The lowest BCUT2D eigenvalue weighted by molar-refractivity contribution is -0.116. The van der Waals surface area contributed by atoms with Gasteiger partial charge in [-0.05, 0) is 36.4 Å². The third kappa shape index (κ3) is 2.27. The Bertz CT molecular complexity index is 706. The highest BCUT2D eigenvalue weighted by Crippen LogP contribution is 2.34. The molecule has 1 atom stereocenters. The minimum Gasteiger partial charge on any atom is -0.368 e. The number of benzene rings is 2. The van der Waals surface area contributed by atoms with Gasteiger partial charge in [0.15, 0.2) is 0 Å². The molecule has 0 spiro atoms. The number of amides is 1. The molecule has 2 aromatic carbocycles. The van der Waals surface area contributed by atoms with Crippen molar-refractivity contribution < 1.29 is 13.6 Å². The normalized spacial score (nSPS) is 16.8. The lowest BCUT2D eigenvalue weighted by Crippen LogP contribution is -2.20. The maximum Gasteiger partial charge on any atom is 0.251 e. The maximum atomic E-state index is 13.8. The Balaban J connectivity index is 1.95. The van der Waals surface area contributed by atoms with Gasteiger partial charge < -0.3 is 10.6 Å².